The summed E-state index contributed by atoms with van der Waals surface area (Å²) >= 11 is 6.69. The largest absolute Gasteiger partial charge is 0.312 e. The zero-order chi connectivity index (χ0) is 14.6. The Hall–Kier alpha value is 0.400. The van der Waals surface area contributed by atoms with E-state index in [9.17, 15) is 8.42 Å². The lowest BCUT2D eigenvalue weighted by atomic mass is 10.2. The number of hydrogen-bond donors (Lipinski definition) is 2. The lowest BCUT2D eigenvalue weighted by Crippen LogP contribution is -2.29. The van der Waals surface area contributed by atoms with Crippen molar-refractivity contribution >= 4 is 49.1 Å². The molecule has 2 heterocycles. The van der Waals surface area contributed by atoms with Gasteiger partial charge in [-0.15, -0.1) is 11.3 Å². The van der Waals surface area contributed by atoms with Gasteiger partial charge in [0.05, 0.1) is 3.79 Å². The van der Waals surface area contributed by atoms with Crippen LogP contribution in [0.15, 0.2) is 14.7 Å². The van der Waals surface area contributed by atoms with Crippen LogP contribution in [0.25, 0.3) is 0 Å². The molecule has 1 fully saturated rings. The zero-order valence-corrected chi connectivity index (χ0v) is 15.4. The van der Waals surface area contributed by atoms with Crippen molar-refractivity contribution < 1.29 is 8.42 Å². The summed E-state index contributed by atoms with van der Waals surface area (Å²) < 4.78 is 28.1. The molecule has 114 valence electrons. The second kappa shape index (κ2) is 7.60. The molecule has 0 aliphatic carbocycles. The van der Waals surface area contributed by atoms with Gasteiger partial charge in [0.2, 0.25) is 10.0 Å². The van der Waals surface area contributed by atoms with E-state index in [-0.39, 0.29) is 0 Å². The van der Waals surface area contributed by atoms with Crippen molar-refractivity contribution in [3.05, 3.63) is 14.7 Å². The van der Waals surface area contributed by atoms with Crippen LogP contribution >= 0.6 is 39.0 Å². The van der Waals surface area contributed by atoms with Crippen molar-refractivity contribution in [1.82, 2.24) is 10.0 Å². The van der Waals surface area contributed by atoms with Crippen molar-refractivity contribution in [3.63, 3.8) is 0 Å². The molecule has 0 aromatic carbocycles. The Bertz CT molecular complexity index is 539. The number of sulfonamides is 1. The van der Waals surface area contributed by atoms with E-state index in [1.807, 2.05) is 18.7 Å². The first-order chi connectivity index (χ1) is 9.53. The van der Waals surface area contributed by atoms with Crippen LogP contribution < -0.4 is 10.0 Å². The highest BCUT2D eigenvalue weighted by atomic mass is 79.9. The van der Waals surface area contributed by atoms with Gasteiger partial charge in [0.25, 0.3) is 0 Å². The predicted molar refractivity (Wildman–Crippen MR) is 90.1 cm³/mol. The number of rotatable bonds is 7. The maximum absolute atomic E-state index is 12.3. The molecule has 1 unspecified atom stereocenters. The molecule has 4 nitrogen and oxygen atoms in total. The van der Waals surface area contributed by atoms with Crippen LogP contribution in [0.5, 0.6) is 0 Å². The molecule has 1 saturated heterocycles. The Morgan fingerprint density at radius 2 is 2.30 bits per heavy atom. The lowest BCUT2D eigenvalue weighted by Gasteiger charge is -2.10. The molecule has 20 heavy (non-hydrogen) atoms. The fourth-order valence-corrected chi connectivity index (χ4v) is 7.04. The molecule has 0 saturated carbocycles. The summed E-state index contributed by atoms with van der Waals surface area (Å²) in [4.78, 5) is 1.38. The lowest BCUT2D eigenvalue weighted by molar-refractivity contribution is 0.579. The van der Waals surface area contributed by atoms with Crippen LogP contribution in [0.3, 0.4) is 0 Å². The number of nitrogens with one attached hydrogen (secondary N) is 2. The van der Waals surface area contributed by atoms with E-state index in [1.165, 1.54) is 17.8 Å². The van der Waals surface area contributed by atoms with E-state index < -0.39 is 10.0 Å². The van der Waals surface area contributed by atoms with E-state index >= 15 is 0 Å². The minimum Gasteiger partial charge on any atom is -0.312 e. The van der Waals surface area contributed by atoms with E-state index in [0.29, 0.717) is 27.0 Å². The van der Waals surface area contributed by atoms with Crippen LogP contribution in [-0.4, -0.2) is 32.5 Å². The first-order valence-corrected chi connectivity index (χ1v) is 10.8. The van der Waals surface area contributed by atoms with Crippen molar-refractivity contribution in [2.75, 3.05) is 18.8 Å². The van der Waals surface area contributed by atoms with Gasteiger partial charge in [0, 0.05) is 23.2 Å². The molecule has 0 bridgehead atoms. The highest BCUT2D eigenvalue weighted by Crippen LogP contribution is 2.32. The van der Waals surface area contributed by atoms with Crippen LogP contribution in [0.4, 0.5) is 0 Å². The molecule has 2 N–H and O–H groups in total. The Labute approximate surface area is 137 Å². The molecule has 1 aliphatic rings. The molecule has 1 atom stereocenters. The Balaban J connectivity index is 2.02. The maximum atomic E-state index is 12.3. The quantitative estimate of drug-likeness (QED) is 0.741. The molecular weight excluding hydrogens is 380 g/mol. The minimum absolute atomic E-state index is 0.360. The second-order valence-electron chi connectivity index (χ2n) is 4.62. The van der Waals surface area contributed by atoms with Crippen molar-refractivity contribution in [2.45, 2.75) is 36.5 Å². The van der Waals surface area contributed by atoms with Crippen molar-refractivity contribution in [3.8, 4) is 0 Å². The standard InChI is InChI=1S/C12H19BrN2O2S3/c1-2-14-7-10-6-11(12(13)19-10)20(16,17)15-8-9-4-3-5-18-9/h6,9,14-15H,2-5,7-8H2,1H3. The fourth-order valence-electron chi connectivity index (χ4n) is 2.00. The van der Waals surface area contributed by atoms with E-state index in [2.05, 4.69) is 26.0 Å². The second-order valence-corrected chi connectivity index (χ2v) is 10.2. The molecule has 1 aromatic rings. The number of hydrogen-bond acceptors (Lipinski definition) is 5. The summed E-state index contributed by atoms with van der Waals surface area (Å²) in [6.45, 7) is 4.13. The number of thioether (sulfide) groups is 1. The molecule has 8 heteroatoms. The van der Waals surface area contributed by atoms with Crippen LogP contribution in [-0.2, 0) is 16.6 Å². The van der Waals surface area contributed by atoms with E-state index in [0.717, 1.165) is 23.6 Å². The van der Waals surface area contributed by atoms with Gasteiger partial charge in [-0.1, -0.05) is 6.92 Å². The SMILES string of the molecule is CCNCc1cc(S(=O)(=O)NCC2CCCS2)c(Br)s1. The van der Waals surface area contributed by atoms with Gasteiger partial charge in [-0.2, -0.15) is 11.8 Å². The first-order valence-electron chi connectivity index (χ1n) is 6.63. The summed E-state index contributed by atoms with van der Waals surface area (Å²) in [5.41, 5.74) is 0. The van der Waals surface area contributed by atoms with Gasteiger partial charge in [-0.25, -0.2) is 13.1 Å². The molecule has 2 rings (SSSR count). The molecule has 0 spiro atoms. The Kier molecular flexibility index (Phi) is 6.37. The van der Waals surface area contributed by atoms with Gasteiger partial charge in [0.15, 0.2) is 0 Å². The maximum Gasteiger partial charge on any atom is 0.242 e. The van der Waals surface area contributed by atoms with E-state index in [1.54, 1.807) is 6.07 Å². The summed E-state index contributed by atoms with van der Waals surface area (Å²) in [5, 5.41) is 3.62. The highest BCUT2D eigenvalue weighted by Gasteiger charge is 2.23. The summed E-state index contributed by atoms with van der Waals surface area (Å²) in [6, 6.07) is 1.75. The molecule has 0 radical (unpaired) electrons. The smallest absolute Gasteiger partial charge is 0.242 e. The van der Waals surface area contributed by atoms with Crippen LogP contribution in [0, 0.1) is 0 Å². The minimum atomic E-state index is -3.41. The molecule has 1 aromatic heterocycles. The third-order valence-corrected chi connectivity index (χ3v) is 8.14. The summed E-state index contributed by atoms with van der Waals surface area (Å²) in [7, 11) is -3.41. The van der Waals surface area contributed by atoms with Crippen molar-refractivity contribution in [1.29, 1.82) is 0 Å². The summed E-state index contributed by atoms with van der Waals surface area (Å²) in [6.07, 6.45) is 2.29. The highest BCUT2D eigenvalue weighted by molar-refractivity contribution is 9.11. The average molecular weight is 399 g/mol. The number of halogens is 1. The third-order valence-electron chi connectivity index (χ3n) is 3.07. The molecule has 0 amide bonds. The van der Waals surface area contributed by atoms with E-state index in [4.69, 9.17) is 0 Å². The average Bonchev–Trinajstić information content (AvgIpc) is 3.03. The number of thiophene rings is 1. The monoisotopic (exact) mass is 398 g/mol. The molecule has 1 aliphatic heterocycles. The van der Waals surface area contributed by atoms with Crippen LogP contribution in [0.1, 0.15) is 24.6 Å². The topological polar surface area (TPSA) is 58.2 Å². The predicted octanol–water partition coefficient (Wildman–Crippen LogP) is 2.79. The summed E-state index contributed by atoms with van der Waals surface area (Å²) in [5.74, 6) is 1.14. The normalized spacial score (nSPS) is 19.6. The Morgan fingerprint density at radius 3 is 2.95 bits per heavy atom. The van der Waals surface area contributed by atoms with Crippen LogP contribution in [0.2, 0.25) is 0 Å². The van der Waals surface area contributed by atoms with Crippen molar-refractivity contribution in [2.24, 2.45) is 0 Å². The van der Waals surface area contributed by atoms with Gasteiger partial charge in [-0.3, -0.25) is 0 Å². The Morgan fingerprint density at radius 1 is 1.50 bits per heavy atom. The zero-order valence-electron chi connectivity index (χ0n) is 11.3. The van der Waals surface area contributed by atoms with Gasteiger partial charge < -0.3 is 5.32 Å². The van der Waals surface area contributed by atoms with Gasteiger partial charge in [-0.05, 0) is 47.1 Å². The fraction of sp³-hybridized carbons (Fsp3) is 0.667. The first kappa shape index (κ1) is 16.8. The van der Waals surface area contributed by atoms with Gasteiger partial charge in [0.1, 0.15) is 4.90 Å². The molecular formula is C12H19BrN2O2S3. The third kappa shape index (κ3) is 4.45. The van der Waals surface area contributed by atoms with Gasteiger partial charge >= 0.3 is 0 Å².